The minimum absolute atomic E-state index is 0.0638. The standard InChI is InChI=1S/C10H14ClNO2S/c1-3-15(13,14)10-5-4-8(11)6-9(10)7(2)12/h4-7H,3,12H2,1-2H3. The molecular formula is C10H14ClNO2S. The minimum atomic E-state index is -3.23. The molecule has 0 saturated carbocycles. The van der Waals surface area contributed by atoms with Gasteiger partial charge in [0.05, 0.1) is 10.6 Å². The van der Waals surface area contributed by atoms with Crippen molar-refractivity contribution in [3.05, 3.63) is 28.8 Å². The summed E-state index contributed by atoms with van der Waals surface area (Å²) in [6, 6.07) is 4.34. The quantitative estimate of drug-likeness (QED) is 0.890. The fourth-order valence-corrected chi connectivity index (χ4v) is 2.68. The van der Waals surface area contributed by atoms with Crippen LogP contribution in [0.15, 0.2) is 23.1 Å². The van der Waals surface area contributed by atoms with E-state index >= 15 is 0 Å². The highest BCUT2D eigenvalue weighted by molar-refractivity contribution is 7.91. The van der Waals surface area contributed by atoms with Crippen LogP contribution < -0.4 is 5.73 Å². The van der Waals surface area contributed by atoms with Crippen LogP contribution in [0.2, 0.25) is 5.02 Å². The molecule has 0 aromatic heterocycles. The molecule has 1 unspecified atom stereocenters. The van der Waals surface area contributed by atoms with E-state index in [-0.39, 0.29) is 16.7 Å². The van der Waals surface area contributed by atoms with Gasteiger partial charge in [-0.15, -0.1) is 0 Å². The first-order valence-corrected chi connectivity index (χ1v) is 6.69. The Kier molecular flexibility index (Phi) is 3.76. The van der Waals surface area contributed by atoms with Gasteiger partial charge < -0.3 is 5.73 Å². The Morgan fingerprint density at radius 1 is 1.47 bits per heavy atom. The van der Waals surface area contributed by atoms with Gasteiger partial charge in [-0.1, -0.05) is 18.5 Å². The van der Waals surface area contributed by atoms with Gasteiger partial charge in [-0.2, -0.15) is 0 Å². The van der Waals surface area contributed by atoms with Gasteiger partial charge in [0.2, 0.25) is 0 Å². The normalized spacial score (nSPS) is 13.9. The Hall–Kier alpha value is -0.580. The third kappa shape index (κ3) is 2.71. The van der Waals surface area contributed by atoms with E-state index in [1.54, 1.807) is 26.0 Å². The summed E-state index contributed by atoms with van der Waals surface area (Å²) in [7, 11) is -3.23. The van der Waals surface area contributed by atoms with Gasteiger partial charge in [0, 0.05) is 11.1 Å². The van der Waals surface area contributed by atoms with Gasteiger partial charge in [0.1, 0.15) is 0 Å². The highest BCUT2D eigenvalue weighted by Crippen LogP contribution is 2.25. The number of benzene rings is 1. The van der Waals surface area contributed by atoms with E-state index in [1.165, 1.54) is 6.07 Å². The molecule has 0 aliphatic carbocycles. The van der Waals surface area contributed by atoms with Crippen LogP contribution in [-0.2, 0) is 9.84 Å². The SMILES string of the molecule is CCS(=O)(=O)c1ccc(Cl)cc1C(C)N. The molecule has 1 rings (SSSR count). The van der Waals surface area contributed by atoms with Crippen LogP contribution >= 0.6 is 11.6 Å². The van der Waals surface area contributed by atoms with Gasteiger partial charge in [0.25, 0.3) is 0 Å². The first kappa shape index (κ1) is 12.5. The van der Waals surface area contributed by atoms with E-state index in [1.807, 2.05) is 0 Å². The lowest BCUT2D eigenvalue weighted by molar-refractivity contribution is 0.594. The zero-order chi connectivity index (χ0) is 11.6. The summed E-state index contributed by atoms with van der Waals surface area (Å²) >= 11 is 5.80. The Morgan fingerprint density at radius 2 is 2.07 bits per heavy atom. The molecule has 15 heavy (non-hydrogen) atoms. The van der Waals surface area contributed by atoms with E-state index in [0.717, 1.165) is 0 Å². The van der Waals surface area contributed by atoms with Crippen LogP contribution in [0, 0.1) is 0 Å². The molecule has 1 atom stereocenters. The van der Waals surface area contributed by atoms with Gasteiger partial charge in [-0.05, 0) is 30.7 Å². The first-order chi connectivity index (χ1) is 6.88. The number of hydrogen-bond donors (Lipinski definition) is 1. The number of sulfone groups is 1. The lowest BCUT2D eigenvalue weighted by atomic mass is 10.1. The van der Waals surface area contributed by atoms with Crippen LogP contribution in [0.25, 0.3) is 0 Å². The zero-order valence-electron chi connectivity index (χ0n) is 8.70. The Bertz CT molecular complexity index is 454. The minimum Gasteiger partial charge on any atom is -0.324 e. The summed E-state index contributed by atoms with van der Waals surface area (Å²) in [6.45, 7) is 3.34. The molecule has 0 aliphatic heterocycles. The molecule has 0 saturated heterocycles. The van der Waals surface area contributed by atoms with E-state index in [9.17, 15) is 8.42 Å². The molecule has 2 N–H and O–H groups in total. The van der Waals surface area contributed by atoms with Crippen LogP contribution in [0.3, 0.4) is 0 Å². The summed E-state index contributed by atoms with van der Waals surface area (Å²) < 4.78 is 23.5. The van der Waals surface area contributed by atoms with Crippen molar-refractivity contribution in [2.24, 2.45) is 5.73 Å². The number of nitrogens with two attached hydrogens (primary N) is 1. The van der Waals surface area contributed by atoms with Crippen LogP contribution in [-0.4, -0.2) is 14.2 Å². The largest absolute Gasteiger partial charge is 0.324 e. The fraction of sp³-hybridized carbons (Fsp3) is 0.400. The van der Waals surface area contributed by atoms with E-state index in [2.05, 4.69) is 0 Å². The van der Waals surface area contributed by atoms with Gasteiger partial charge in [0.15, 0.2) is 9.84 Å². The maximum Gasteiger partial charge on any atom is 0.178 e. The van der Waals surface area contributed by atoms with Crippen molar-refractivity contribution in [2.75, 3.05) is 5.75 Å². The summed E-state index contributed by atoms with van der Waals surface area (Å²) in [5, 5.41) is 0.498. The predicted molar refractivity (Wildman–Crippen MR) is 61.8 cm³/mol. The molecule has 3 nitrogen and oxygen atoms in total. The van der Waals surface area contributed by atoms with E-state index < -0.39 is 9.84 Å². The van der Waals surface area contributed by atoms with E-state index in [4.69, 9.17) is 17.3 Å². The summed E-state index contributed by atoms with van der Waals surface area (Å²) in [4.78, 5) is 0.282. The predicted octanol–water partition coefficient (Wildman–Crippen LogP) is 2.15. The highest BCUT2D eigenvalue weighted by atomic mass is 35.5. The smallest absolute Gasteiger partial charge is 0.178 e. The molecule has 5 heteroatoms. The van der Waals surface area contributed by atoms with Crippen molar-refractivity contribution in [2.45, 2.75) is 24.8 Å². The van der Waals surface area contributed by atoms with Gasteiger partial charge >= 0.3 is 0 Å². The third-order valence-corrected chi connectivity index (χ3v) is 4.21. The number of hydrogen-bond acceptors (Lipinski definition) is 3. The number of rotatable bonds is 3. The molecule has 0 bridgehead atoms. The molecule has 0 aliphatic rings. The van der Waals surface area contributed by atoms with Crippen LogP contribution in [0.1, 0.15) is 25.5 Å². The van der Waals surface area contributed by atoms with Crippen molar-refractivity contribution in [3.8, 4) is 0 Å². The second kappa shape index (κ2) is 4.51. The Balaban J connectivity index is 3.43. The Morgan fingerprint density at radius 3 is 2.53 bits per heavy atom. The second-order valence-electron chi connectivity index (χ2n) is 3.37. The zero-order valence-corrected chi connectivity index (χ0v) is 10.3. The van der Waals surface area contributed by atoms with Crippen LogP contribution in [0.4, 0.5) is 0 Å². The van der Waals surface area contributed by atoms with Gasteiger partial charge in [-0.25, -0.2) is 8.42 Å². The molecule has 0 radical (unpaired) electrons. The first-order valence-electron chi connectivity index (χ1n) is 4.66. The molecule has 0 fully saturated rings. The average Bonchev–Trinajstić information content (AvgIpc) is 2.17. The van der Waals surface area contributed by atoms with Crippen molar-refractivity contribution in [3.63, 3.8) is 0 Å². The summed E-state index contributed by atoms with van der Waals surface area (Å²) in [5.41, 5.74) is 6.29. The van der Waals surface area contributed by atoms with E-state index in [0.29, 0.717) is 10.6 Å². The molecule has 0 heterocycles. The molecule has 1 aromatic carbocycles. The molecule has 0 amide bonds. The molecule has 0 spiro atoms. The monoisotopic (exact) mass is 247 g/mol. The van der Waals surface area contributed by atoms with Crippen molar-refractivity contribution in [1.29, 1.82) is 0 Å². The summed E-state index contributed by atoms with van der Waals surface area (Å²) in [5.74, 6) is 0.0638. The highest BCUT2D eigenvalue weighted by Gasteiger charge is 2.18. The van der Waals surface area contributed by atoms with Crippen molar-refractivity contribution < 1.29 is 8.42 Å². The number of halogens is 1. The summed E-state index contributed by atoms with van der Waals surface area (Å²) in [6.07, 6.45) is 0. The third-order valence-electron chi connectivity index (χ3n) is 2.18. The van der Waals surface area contributed by atoms with Crippen LogP contribution in [0.5, 0.6) is 0 Å². The fourth-order valence-electron chi connectivity index (χ4n) is 1.31. The lowest BCUT2D eigenvalue weighted by Gasteiger charge is -2.12. The molecule has 1 aromatic rings. The van der Waals surface area contributed by atoms with Crippen molar-refractivity contribution in [1.82, 2.24) is 0 Å². The van der Waals surface area contributed by atoms with Gasteiger partial charge in [-0.3, -0.25) is 0 Å². The maximum absolute atomic E-state index is 11.7. The maximum atomic E-state index is 11.7. The second-order valence-corrected chi connectivity index (χ2v) is 6.06. The molecular weight excluding hydrogens is 234 g/mol. The Labute approximate surface area is 95.2 Å². The lowest BCUT2D eigenvalue weighted by Crippen LogP contribution is -2.13. The topological polar surface area (TPSA) is 60.2 Å². The average molecular weight is 248 g/mol. The molecule has 84 valence electrons. The van der Waals surface area contributed by atoms with Crippen molar-refractivity contribution >= 4 is 21.4 Å².